The van der Waals surface area contributed by atoms with Crippen molar-refractivity contribution in [1.82, 2.24) is 10.2 Å². The summed E-state index contributed by atoms with van der Waals surface area (Å²) in [5, 5.41) is 3.28. The molecule has 1 atom stereocenters. The van der Waals surface area contributed by atoms with Crippen molar-refractivity contribution in [2.45, 2.75) is 26.3 Å². The average molecular weight is 329 g/mol. The van der Waals surface area contributed by atoms with Crippen LogP contribution in [0.3, 0.4) is 0 Å². The first kappa shape index (κ1) is 18.6. The molecule has 0 spiro atoms. The van der Waals surface area contributed by atoms with Crippen LogP contribution in [0, 0.1) is 0 Å². The van der Waals surface area contributed by atoms with Gasteiger partial charge in [0.1, 0.15) is 0 Å². The smallest absolute Gasteiger partial charge is 0.254 e. The first-order valence-corrected chi connectivity index (χ1v) is 7.54. The third-order valence-corrected chi connectivity index (χ3v) is 3.69. The Labute approximate surface area is 138 Å². The Morgan fingerprint density at radius 1 is 1.27 bits per heavy atom. The summed E-state index contributed by atoms with van der Waals surface area (Å²) in [5.74, 6) is 1.33. The minimum Gasteiger partial charge on any atom is -0.490 e. The molecule has 0 bridgehead atoms. The fraction of sp³-hybridized carbons (Fsp3) is 0.562. The van der Waals surface area contributed by atoms with Crippen LogP contribution >= 0.6 is 12.4 Å². The molecule has 0 aromatic heterocycles. The van der Waals surface area contributed by atoms with Crippen LogP contribution in [0.25, 0.3) is 0 Å². The van der Waals surface area contributed by atoms with E-state index in [1.165, 1.54) is 0 Å². The summed E-state index contributed by atoms with van der Waals surface area (Å²) in [6, 6.07) is 5.65. The van der Waals surface area contributed by atoms with Crippen LogP contribution in [-0.4, -0.2) is 50.2 Å². The highest BCUT2D eigenvalue weighted by Crippen LogP contribution is 2.29. The number of likely N-dealkylation sites (N-methyl/N-ethyl adjacent to an activating group) is 1. The standard InChI is InChI=1S/C16H24N2O3.ClH/c1-4-20-14-7-6-12(10-15(14)21-5-2)16(19)18(3)13-8-9-17-11-13;/h6-7,10,13,17H,4-5,8-9,11H2,1-3H3;1H. The molecule has 6 heteroatoms. The number of amides is 1. The normalized spacial score (nSPS) is 16.8. The van der Waals surface area contributed by atoms with Crippen molar-refractivity contribution in [2.75, 3.05) is 33.4 Å². The van der Waals surface area contributed by atoms with E-state index in [-0.39, 0.29) is 24.4 Å². The van der Waals surface area contributed by atoms with Gasteiger partial charge in [0, 0.05) is 25.2 Å². The van der Waals surface area contributed by atoms with E-state index in [9.17, 15) is 4.79 Å². The van der Waals surface area contributed by atoms with Gasteiger partial charge in [-0.05, 0) is 45.0 Å². The van der Waals surface area contributed by atoms with Crippen molar-refractivity contribution >= 4 is 18.3 Å². The Morgan fingerprint density at radius 2 is 1.95 bits per heavy atom. The van der Waals surface area contributed by atoms with Gasteiger partial charge in [0.2, 0.25) is 0 Å². The summed E-state index contributed by atoms with van der Waals surface area (Å²) in [6.45, 7) is 6.78. The number of nitrogens with zero attached hydrogens (tertiary/aromatic N) is 1. The lowest BCUT2D eigenvalue weighted by Crippen LogP contribution is -2.38. The highest BCUT2D eigenvalue weighted by Gasteiger charge is 2.24. The Balaban J connectivity index is 0.00000242. The minimum atomic E-state index is 0. The highest BCUT2D eigenvalue weighted by atomic mass is 35.5. The quantitative estimate of drug-likeness (QED) is 0.871. The molecule has 0 radical (unpaired) electrons. The molecule has 1 fully saturated rings. The maximum Gasteiger partial charge on any atom is 0.254 e. The molecule has 1 heterocycles. The Hall–Kier alpha value is -1.46. The van der Waals surface area contributed by atoms with Crippen LogP contribution in [0.5, 0.6) is 11.5 Å². The van der Waals surface area contributed by atoms with Gasteiger partial charge in [0.25, 0.3) is 5.91 Å². The first-order valence-electron chi connectivity index (χ1n) is 7.54. The maximum absolute atomic E-state index is 12.6. The van der Waals surface area contributed by atoms with Gasteiger partial charge in [0.15, 0.2) is 11.5 Å². The number of hydrogen-bond donors (Lipinski definition) is 1. The van der Waals surface area contributed by atoms with E-state index in [0.29, 0.717) is 30.3 Å². The second-order valence-electron chi connectivity index (χ2n) is 5.09. The molecular formula is C16H25ClN2O3. The molecule has 1 aromatic carbocycles. The molecule has 1 saturated heterocycles. The first-order chi connectivity index (χ1) is 10.2. The predicted octanol–water partition coefficient (Wildman–Crippen LogP) is 2.34. The number of halogens is 1. The van der Waals surface area contributed by atoms with E-state index in [0.717, 1.165) is 19.5 Å². The van der Waals surface area contributed by atoms with Crippen LogP contribution in [0.15, 0.2) is 18.2 Å². The van der Waals surface area contributed by atoms with Gasteiger partial charge >= 0.3 is 0 Å². The molecule has 1 aromatic rings. The zero-order valence-corrected chi connectivity index (χ0v) is 14.2. The van der Waals surface area contributed by atoms with E-state index in [2.05, 4.69) is 5.32 Å². The molecule has 22 heavy (non-hydrogen) atoms. The topological polar surface area (TPSA) is 50.8 Å². The summed E-state index contributed by atoms with van der Waals surface area (Å²) < 4.78 is 11.1. The van der Waals surface area contributed by atoms with E-state index < -0.39 is 0 Å². The van der Waals surface area contributed by atoms with Crippen LogP contribution in [-0.2, 0) is 0 Å². The van der Waals surface area contributed by atoms with Gasteiger partial charge in [-0.25, -0.2) is 0 Å². The minimum absolute atomic E-state index is 0. The van der Waals surface area contributed by atoms with Crippen LogP contribution < -0.4 is 14.8 Å². The number of rotatable bonds is 6. The molecule has 1 N–H and O–H groups in total. The number of benzene rings is 1. The van der Waals surface area contributed by atoms with E-state index >= 15 is 0 Å². The summed E-state index contributed by atoms with van der Waals surface area (Å²) in [6.07, 6.45) is 0.998. The van der Waals surface area contributed by atoms with Crippen molar-refractivity contribution in [3.05, 3.63) is 23.8 Å². The molecule has 124 valence electrons. The zero-order chi connectivity index (χ0) is 15.2. The average Bonchev–Trinajstić information content (AvgIpc) is 3.02. The number of hydrogen-bond acceptors (Lipinski definition) is 4. The number of carbonyl (C=O) groups is 1. The Morgan fingerprint density at radius 3 is 2.55 bits per heavy atom. The van der Waals surface area contributed by atoms with E-state index in [1.807, 2.05) is 31.9 Å². The van der Waals surface area contributed by atoms with Crippen molar-refractivity contribution in [2.24, 2.45) is 0 Å². The van der Waals surface area contributed by atoms with Crippen LogP contribution in [0.4, 0.5) is 0 Å². The molecular weight excluding hydrogens is 304 g/mol. The number of nitrogens with one attached hydrogen (secondary N) is 1. The molecule has 2 rings (SSSR count). The molecule has 1 unspecified atom stereocenters. The van der Waals surface area contributed by atoms with Gasteiger partial charge in [-0.15, -0.1) is 12.4 Å². The van der Waals surface area contributed by atoms with Gasteiger partial charge in [0.05, 0.1) is 13.2 Å². The largest absolute Gasteiger partial charge is 0.490 e. The monoisotopic (exact) mass is 328 g/mol. The Bertz CT molecular complexity index is 490. The van der Waals surface area contributed by atoms with E-state index in [1.54, 1.807) is 12.1 Å². The van der Waals surface area contributed by atoms with Gasteiger partial charge in [-0.3, -0.25) is 4.79 Å². The second-order valence-corrected chi connectivity index (χ2v) is 5.09. The van der Waals surface area contributed by atoms with E-state index in [4.69, 9.17) is 9.47 Å². The molecule has 0 aliphatic carbocycles. The summed E-state index contributed by atoms with van der Waals surface area (Å²) in [4.78, 5) is 14.4. The molecule has 1 aliphatic heterocycles. The summed E-state index contributed by atoms with van der Waals surface area (Å²) in [7, 11) is 1.86. The second kappa shape index (κ2) is 8.86. The fourth-order valence-electron chi connectivity index (χ4n) is 2.52. The van der Waals surface area contributed by atoms with Crippen LogP contribution in [0.2, 0.25) is 0 Å². The number of ether oxygens (including phenoxy) is 2. The lowest BCUT2D eigenvalue weighted by atomic mass is 10.1. The fourth-order valence-corrected chi connectivity index (χ4v) is 2.52. The Kier molecular flexibility index (Phi) is 7.48. The van der Waals surface area contributed by atoms with Crippen molar-refractivity contribution in [3.63, 3.8) is 0 Å². The van der Waals surface area contributed by atoms with Crippen molar-refractivity contribution < 1.29 is 14.3 Å². The third kappa shape index (κ3) is 4.27. The third-order valence-electron chi connectivity index (χ3n) is 3.69. The lowest BCUT2D eigenvalue weighted by molar-refractivity contribution is 0.0743. The lowest BCUT2D eigenvalue weighted by Gasteiger charge is -2.24. The predicted molar refractivity (Wildman–Crippen MR) is 89.4 cm³/mol. The maximum atomic E-state index is 12.6. The highest BCUT2D eigenvalue weighted by molar-refractivity contribution is 5.95. The van der Waals surface area contributed by atoms with Crippen molar-refractivity contribution in [1.29, 1.82) is 0 Å². The molecule has 1 amide bonds. The van der Waals surface area contributed by atoms with Gasteiger partial charge in [-0.1, -0.05) is 0 Å². The molecule has 5 nitrogen and oxygen atoms in total. The van der Waals surface area contributed by atoms with Gasteiger partial charge < -0.3 is 19.7 Å². The number of carbonyl (C=O) groups excluding carboxylic acids is 1. The zero-order valence-electron chi connectivity index (χ0n) is 13.4. The molecule has 1 aliphatic rings. The van der Waals surface area contributed by atoms with Gasteiger partial charge in [-0.2, -0.15) is 0 Å². The summed E-state index contributed by atoms with van der Waals surface area (Å²) in [5.41, 5.74) is 0.635. The van der Waals surface area contributed by atoms with Crippen molar-refractivity contribution in [3.8, 4) is 11.5 Å². The SMILES string of the molecule is CCOc1ccc(C(=O)N(C)C2CCNC2)cc1OCC.Cl. The summed E-state index contributed by atoms with van der Waals surface area (Å²) >= 11 is 0. The van der Waals surface area contributed by atoms with Crippen LogP contribution in [0.1, 0.15) is 30.6 Å². The molecule has 0 saturated carbocycles.